The number of rotatable bonds is 2. The number of nitrogens with zero attached hydrogens (tertiary/aromatic N) is 1. The highest BCUT2D eigenvalue weighted by molar-refractivity contribution is 7.71. The molecule has 102 valence electrons. The molecule has 0 fully saturated rings. The normalized spacial score (nSPS) is 10.9. The third kappa shape index (κ3) is 2.11. The third-order valence-corrected chi connectivity index (χ3v) is 3.82. The lowest BCUT2D eigenvalue weighted by Gasteiger charge is -2.08. The van der Waals surface area contributed by atoms with Crippen LogP contribution in [0.4, 0.5) is 0 Å². The zero-order valence-corrected chi connectivity index (χ0v) is 12.7. The van der Waals surface area contributed by atoms with Gasteiger partial charge < -0.3 is 9.72 Å². The molecule has 3 nitrogen and oxygen atoms in total. The fourth-order valence-electron chi connectivity index (χ4n) is 2.24. The average Bonchev–Trinajstić information content (AvgIpc) is 2.74. The summed E-state index contributed by atoms with van der Waals surface area (Å²) in [6, 6.07) is 11.7. The molecule has 1 N–H and O–H groups in total. The van der Waals surface area contributed by atoms with E-state index < -0.39 is 0 Å². The molecule has 0 bridgehead atoms. The Kier molecular flexibility index (Phi) is 3.28. The van der Waals surface area contributed by atoms with Crippen LogP contribution in [0.2, 0.25) is 5.02 Å². The van der Waals surface area contributed by atoms with Gasteiger partial charge in [-0.1, -0.05) is 17.7 Å². The Balaban J connectivity index is 2.34. The number of aromatic nitrogens is 2. The zero-order valence-electron chi connectivity index (χ0n) is 11.1. The van der Waals surface area contributed by atoms with E-state index in [1.54, 1.807) is 7.11 Å². The number of aromatic amines is 1. The van der Waals surface area contributed by atoms with E-state index in [1.807, 2.05) is 47.9 Å². The van der Waals surface area contributed by atoms with E-state index >= 15 is 0 Å². The SMILES string of the molecule is COc1ccc2[nH]c(=S)n(-c3ccc(C)cc3Cl)c2c1. The molecule has 3 rings (SSSR count). The van der Waals surface area contributed by atoms with Gasteiger partial charge in [-0.05, 0) is 49.0 Å². The van der Waals surface area contributed by atoms with Gasteiger partial charge in [-0.15, -0.1) is 0 Å². The van der Waals surface area contributed by atoms with Crippen molar-refractivity contribution in [2.45, 2.75) is 6.92 Å². The quantitative estimate of drug-likeness (QED) is 0.698. The van der Waals surface area contributed by atoms with Gasteiger partial charge in [0, 0.05) is 6.07 Å². The van der Waals surface area contributed by atoms with Crippen molar-refractivity contribution in [2.75, 3.05) is 7.11 Å². The van der Waals surface area contributed by atoms with Gasteiger partial charge in [-0.25, -0.2) is 0 Å². The average molecular weight is 305 g/mol. The molecular formula is C15H13ClN2OS. The van der Waals surface area contributed by atoms with E-state index in [9.17, 15) is 0 Å². The maximum Gasteiger partial charge on any atom is 0.182 e. The van der Waals surface area contributed by atoms with E-state index in [0.29, 0.717) is 9.79 Å². The molecule has 1 aromatic heterocycles. The van der Waals surface area contributed by atoms with Crippen molar-refractivity contribution in [1.82, 2.24) is 9.55 Å². The summed E-state index contributed by atoms with van der Waals surface area (Å²) in [5.74, 6) is 0.781. The van der Waals surface area contributed by atoms with Gasteiger partial charge in [0.1, 0.15) is 5.75 Å². The van der Waals surface area contributed by atoms with Crippen molar-refractivity contribution in [3.8, 4) is 11.4 Å². The Morgan fingerprint density at radius 2 is 2.00 bits per heavy atom. The highest BCUT2D eigenvalue weighted by Gasteiger charge is 2.10. The minimum Gasteiger partial charge on any atom is -0.497 e. The molecule has 0 spiro atoms. The van der Waals surface area contributed by atoms with Crippen LogP contribution in [0.5, 0.6) is 5.75 Å². The number of nitrogens with one attached hydrogen (secondary N) is 1. The molecular weight excluding hydrogens is 292 g/mol. The maximum atomic E-state index is 6.35. The fourth-order valence-corrected chi connectivity index (χ4v) is 2.87. The first-order chi connectivity index (χ1) is 9.60. The second-order valence-electron chi connectivity index (χ2n) is 4.60. The highest BCUT2D eigenvalue weighted by atomic mass is 35.5. The molecule has 0 atom stereocenters. The van der Waals surface area contributed by atoms with Gasteiger partial charge in [0.05, 0.1) is 28.9 Å². The van der Waals surface area contributed by atoms with E-state index in [1.165, 1.54) is 0 Å². The molecule has 0 aliphatic carbocycles. The molecule has 0 radical (unpaired) electrons. The number of ether oxygens (including phenoxy) is 1. The number of hydrogen-bond donors (Lipinski definition) is 1. The first kappa shape index (κ1) is 13.2. The lowest BCUT2D eigenvalue weighted by atomic mass is 10.2. The zero-order chi connectivity index (χ0) is 14.3. The number of benzene rings is 2. The standard InChI is InChI=1S/C15H13ClN2OS/c1-9-3-6-13(11(16)7-9)18-14-8-10(19-2)4-5-12(14)17-15(18)20/h3-8H,1-2H3,(H,17,20). The van der Waals surface area contributed by atoms with Gasteiger partial charge in [-0.2, -0.15) is 0 Å². The van der Waals surface area contributed by atoms with Crippen LogP contribution in [0.3, 0.4) is 0 Å². The summed E-state index contributed by atoms with van der Waals surface area (Å²) >= 11 is 11.8. The number of fused-ring (bicyclic) bond motifs is 1. The van der Waals surface area contributed by atoms with Gasteiger partial charge in [0.15, 0.2) is 4.77 Å². The Bertz CT molecular complexity index is 851. The van der Waals surface area contributed by atoms with Crippen LogP contribution < -0.4 is 4.74 Å². The summed E-state index contributed by atoms with van der Waals surface area (Å²) in [6.45, 7) is 2.01. The van der Waals surface area contributed by atoms with Crippen molar-refractivity contribution in [1.29, 1.82) is 0 Å². The first-order valence-corrected chi connectivity index (χ1v) is 6.94. The van der Waals surface area contributed by atoms with Crippen LogP contribution in [0.25, 0.3) is 16.7 Å². The molecule has 0 saturated heterocycles. The summed E-state index contributed by atoms with van der Waals surface area (Å²) < 4.78 is 7.81. The predicted molar refractivity (Wildman–Crippen MR) is 84.8 cm³/mol. The summed E-state index contributed by atoms with van der Waals surface area (Å²) in [7, 11) is 1.64. The van der Waals surface area contributed by atoms with Gasteiger partial charge in [-0.3, -0.25) is 4.57 Å². The van der Waals surface area contributed by atoms with E-state index in [-0.39, 0.29) is 0 Å². The number of imidazole rings is 1. The highest BCUT2D eigenvalue weighted by Crippen LogP contribution is 2.28. The Hall–Kier alpha value is -1.78. The predicted octanol–water partition coefficient (Wildman–Crippen LogP) is 4.66. The minimum atomic E-state index is 0.610. The number of methoxy groups -OCH3 is 1. The summed E-state index contributed by atoms with van der Waals surface area (Å²) in [4.78, 5) is 3.18. The van der Waals surface area contributed by atoms with Crippen molar-refractivity contribution >= 4 is 34.9 Å². The molecule has 0 unspecified atom stereocenters. The van der Waals surface area contributed by atoms with Crippen molar-refractivity contribution in [3.05, 3.63) is 51.8 Å². The van der Waals surface area contributed by atoms with Gasteiger partial charge >= 0.3 is 0 Å². The molecule has 0 aliphatic rings. The topological polar surface area (TPSA) is 29.9 Å². The van der Waals surface area contributed by atoms with Crippen LogP contribution in [-0.2, 0) is 0 Å². The van der Waals surface area contributed by atoms with E-state index in [2.05, 4.69) is 4.98 Å². The second kappa shape index (κ2) is 4.96. The molecule has 20 heavy (non-hydrogen) atoms. The summed E-state index contributed by atoms with van der Waals surface area (Å²) in [5, 5.41) is 0.671. The van der Waals surface area contributed by atoms with E-state index in [0.717, 1.165) is 28.0 Å². The van der Waals surface area contributed by atoms with Gasteiger partial charge in [0.2, 0.25) is 0 Å². The van der Waals surface area contributed by atoms with Crippen LogP contribution in [0, 0.1) is 11.7 Å². The van der Waals surface area contributed by atoms with Crippen molar-refractivity contribution < 1.29 is 4.74 Å². The van der Waals surface area contributed by atoms with Crippen molar-refractivity contribution in [3.63, 3.8) is 0 Å². The lowest BCUT2D eigenvalue weighted by molar-refractivity contribution is 0.415. The monoisotopic (exact) mass is 304 g/mol. The fraction of sp³-hybridized carbons (Fsp3) is 0.133. The molecule has 2 aromatic carbocycles. The molecule has 1 heterocycles. The Labute approximate surface area is 126 Å². The smallest absolute Gasteiger partial charge is 0.182 e. The van der Waals surface area contributed by atoms with Crippen LogP contribution in [-0.4, -0.2) is 16.7 Å². The number of hydrogen-bond acceptors (Lipinski definition) is 2. The summed E-state index contributed by atoms with van der Waals surface area (Å²) in [5.41, 5.74) is 3.87. The number of halogens is 1. The van der Waals surface area contributed by atoms with Gasteiger partial charge in [0.25, 0.3) is 0 Å². The first-order valence-electron chi connectivity index (χ1n) is 6.15. The largest absolute Gasteiger partial charge is 0.497 e. The second-order valence-corrected chi connectivity index (χ2v) is 5.40. The Morgan fingerprint density at radius 3 is 2.70 bits per heavy atom. The van der Waals surface area contributed by atoms with Crippen LogP contribution >= 0.6 is 23.8 Å². The summed E-state index contributed by atoms with van der Waals surface area (Å²) in [6.07, 6.45) is 0. The minimum absolute atomic E-state index is 0.610. The van der Waals surface area contributed by atoms with Crippen molar-refractivity contribution in [2.24, 2.45) is 0 Å². The molecule has 0 aliphatic heterocycles. The van der Waals surface area contributed by atoms with Crippen LogP contribution in [0.15, 0.2) is 36.4 Å². The Morgan fingerprint density at radius 1 is 1.20 bits per heavy atom. The number of aryl methyl sites for hydroxylation is 1. The molecule has 5 heteroatoms. The molecule has 3 aromatic rings. The molecule has 0 amide bonds. The third-order valence-electron chi connectivity index (χ3n) is 3.23. The molecule has 0 saturated carbocycles. The van der Waals surface area contributed by atoms with E-state index in [4.69, 9.17) is 28.6 Å². The van der Waals surface area contributed by atoms with Crippen LogP contribution in [0.1, 0.15) is 5.56 Å². The number of H-pyrrole nitrogens is 1. The maximum absolute atomic E-state index is 6.35. The lowest BCUT2D eigenvalue weighted by Crippen LogP contribution is -1.95.